The van der Waals surface area contributed by atoms with Crippen molar-refractivity contribution in [2.75, 3.05) is 26.4 Å². The van der Waals surface area contributed by atoms with Gasteiger partial charge in [0.05, 0.1) is 18.2 Å². The zero-order valence-corrected chi connectivity index (χ0v) is 10.7. The first-order valence-electron chi connectivity index (χ1n) is 5.81. The third-order valence-corrected chi connectivity index (χ3v) is 2.15. The minimum atomic E-state index is -1.06. The molecule has 0 saturated carbocycles. The summed E-state index contributed by atoms with van der Waals surface area (Å²) in [5, 5.41) is 19.5. The van der Waals surface area contributed by atoms with Crippen molar-refractivity contribution >= 4 is 11.9 Å². The van der Waals surface area contributed by atoms with Crippen LogP contribution in [0.2, 0.25) is 0 Å². The van der Waals surface area contributed by atoms with E-state index < -0.39 is 12.6 Å². The lowest BCUT2D eigenvalue weighted by Crippen LogP contribution is -2.32. The molecule has 20 heavy (non-hydrogen) atoms. The van der Waals surface area contributed by atoms with Crippen LogP contribution in [-0.2, 0) is 14.3 Å². The molecule has 0 unspecified atom stereocenters. The van der Waals surface area contributed by atoms with E-state index in [1.165, 1.54) is 0 Å². The number of hydrogen-bond donors (Lipinski definition) is 2. The van der Waals surface area contributed by atoms with E-state index in [1.807, 2.05) is 6.07 Å². The van der Waals surface area contributed by atoms with Crippen LogP contribution in [0.15, 0.2) is 24.3 Å². The van der Waals surface area contributed by atoms with E-state index in [9.17, 15) is 9.59 Å². The van der Waals surface area contributed by atoms with Crippen LogP contribution >= 0.6 is 0 Å². The van der Waals surface area contributed by atoms with Gasteiger partial charge in [0, 0.05) is 6.54 Å². The molecule has 1 aromatic rings. The molecule has 0 fully saturated rings. The van der Waals surface area contributed by atoms with E-state index in [2.05, 4.69) is 5.32 Å². The van der Waals surface area contributed by atoms with Crippen molar-refractivity contribution in [3.8, 4) is 11.8 Å². The van der Waals surface area contributed by atoms with E-state index in [-0.39, 0.29) is 25.7 Å². The van der Waals surface area contributed by atoms with Gasteiger partial charge in [-0.25, -0.2) is 4.79 Å². The summed E-state index contributed by atoms with van der Waals surface area (Å²) >= 11 is 0. The van der Waals surface area contributed by atoms with Gasteiger partial charge in [0.15, 0.2) is 6.61 Å². The fourth-order valence-corrected chi connectivity index (χ4v) is 1.25. The molecule has 7 heteroatoms. The highest BCUT2D eigenvalue weighted by atomic mass is 16.5. The van der Waals surface area contributed by atoms with Crippen LogP contribution in [0.25, 0.3) is 0 Å². The predicted molar refractivity (Wildman–Crippen MR) is 68.1 cm³/mol. The smallest absolute Gasteiger partial charge is 0.329 e. The Hall–Kier alpha value is -2.59. The molecule has 0 aliphatic heterocycles. The molecule has 0 atom stereocenters. The average Bonchev–Trinajstić information content (AvgIpc) is 2.45. The van der Waals surface area contributed by atoms with Gasteiger partial charge in [-0.3, -0.25) is 4.79 Å². The van der Waals surface area contributed by atoms with Crippen molar-refractivity contribution in [3.63, 3.8) is 0 Å². The van der Waals surface area contributed by atoms with Crippen molar-refractivity contribution in [1.29, 1.82) is 5.26 Å². The molecule has 1 rings (SSSR count). The van der Waals surface area contributed by atoms with Crippen LogP contribution in [0.1, 0.15) is 5.56 Å². The quantitative estimate of drug-likeness (QED) is 0.655. The number of amides is 1. The molecule has 0 bridgehead atoms. The Morgan fingerprint density at radius 3 is 2.55 bits per heavy atom. The number of nitrogens with one attached hydrogen (secondary N) is 1. The van der Waals surface area contributed by atoms with Crippen molar-refractivity contribution in [2.45, 2.75) is 0 Å². The highest BCUT2D eigenvalue weighted by Gasteiger charge is 2.03. The average molecular weight is 278 g/mol. The molecular weight excluding hydrogens is 264 g/mol. The minimum absolute atomic E-state index is 0.120. The number of carbonyl (C=O) groups is 2. The normalized spacial score (nSPS) is 9.55. The molecule has 0 radical (unpaired) electrons. The van der Waals surface area contributed by atoms with Crippen LogP contribution < -0.4 is 10.1 Å². The molecule has 7 nitrogen and oxygen atoms in total. The van der Waals surface area contributed by atoms with E-state index >= 15 is 0 Å². The maximum absolute atomic E-state index is 11.4. The second-order valence-corrected chi connectivity index (χ2v) is 3.72. The maximum atomic E-state index is 11.4. The number of carboxylic acid groups (broad SMARTS) is 1. The summed E-state index contributed by atoms with van der Waals surface area (Å²) in [5.74, 6) is -0.907. The molecule has 0 heterocycles. The van der Waals surface area contributed by atoms with Gasteiger partial charge >= 0.3 is 5.97 Å². The number of nitriles is 1. The number of hydrogen-bond acceptors (Lipinski definition) is 5. The third-order valence-electron chi connectivity index (χ3n) is 2.15. The molecule has 2 N–H and O–H groups in total. The molecule has 1 aromatic carbocycles. The van der Waals surface area contributed by atoms with Crippen LogP contribution in [0, 0.1) is 11.3 Å². The van der Waals surface area contributed by atoms with E-state index in [0.29, 0.717) is 11.3 Å². The fourth-order valence-electron chi connectivity index (χ4n) is 1.25. The summed E-state index contributed by atoms with van der Waals surface area (Å²) in [7, 11) is 0. The Labute approximate surface area is 115 Å². The zero-order chi connectivity index (χ0) is 14.8. The number of rotatable bonds is 8. The zero-order valence-electron chi connectivity index (χ0n) is 10.7. The van der Waals surface area contributed by atoms with Crippen molar-refractivity contribution in [3.05, 3.63) is 29.8 Å². The van der Waals surface area contributed by atoms with Crippen LogP contribution in [0.3, 0.4) is 0 Å². The number of carboxylic acids is 1. The van der Waals surface area contributed by atoms with Gasteiger partial charge in [-0.2, -0.15) is 5.26 Å². The van der Waals surface area contributed by atoms with E-state index in [0.717, 1.165) is 0 Å². The van der Waals surface area contributed by atoms with Gasteiger partial charge in [0.25, 0.3) is 5.91 Å². The van der Waals surface area contributed by atoms with Crippen molar-refractivity contribution in [2.24, 2.45) is 0 Å². The lowest BCUT2D eigenvalue weighted by Gasteiger charge is -2.07. The van der Waals surface area contributed by atoms with Gasteiger partial charge < -0.3 is 19.9 Å². The molecule has 0 aromatic heterocycles. The standard InChI is InChI=1S/C13H14N2O5/c14-7-10-1-3-11(4-2-10)20-8-12(16)15-5-6-19-9-13(17)18/h1-4H,5-6,8-9H2,(H,15,16)(H,17,18). The summed E-state index contributed by atoms with van der Waals surface area (Å²) in [4.78, 5) is 21.5. The highest BCUT2D eigenvalue weighted by molar-refractivity contribution is 5.77. The predicted octanol–water partition coefficient (Wildman–Crippen LogP) is 0.154. The summed E-state index contributed by atoms with van der Waals surface area (Å²) in [5.41, 5.74) is 0.511. The lowest BCUT2D eigenvalue weighted by atomic mass is 10.2. The number of aliphatic carboxylic acids is 1. The molecule has 0 aliphatic rings. The number of nitrogens with zero attached hydrogens (tertiary/aromatic N) is 1. The Morgan fingerprint density at radius 1 is 1.25 bits per heavy atom. The first-order valence-corrected chi connectivity index (χ1v) is 5.81. The first kappa shape index (κ1) is 15.5. The Kier molecular flexibility index (Phi) is 6.57. The Morgan fingerprint density at radius 2 is 1.95 bits per heavy atom. The number of ether oxygens (including phenoxy) is 2. The van der Waals surface area contributed by atoms with Gasteiger partial charge in [0.1, 0.15) is 12.4 Å². The fraction of sp³-hybridized carbons (Fsp3) is 0.308. The minimum Gasteiger partial charge on any atom is -0.484 e. The monoisotopic (exact) mass is 278 g/mol. The van der Waals surface area contributed by atoms with Gasteiger partial charge in [-0.05, 0) is 24.3 Å². The van der Waals surface area contributed by atoms with Gasteiger partial charge in [0.2, 0.25) is 0 Å². The van der Waals surface area contributed by atoms with E-state index in [4.69, 9.17) is 19.8 Å². The Bertz CT molecular complexity index is 492. The van der Waals surface area contributed by atoms with Crippen LogP contribution in [0.5, 0.6) is 5.75 Å². The maximum Gasteiger partial charge on any atom is 0.329 e. The second-order valence-electron chi connectivity index (χ2n) is 3.72. The summed E-state index contributed by atoms with van der Waals surface area (Å²) in [6.45, 7) is -0.222. The molecule has 0 aliphatic carbocycles. The summed E-state index contributed by atoms with van der Waals surface area (Å²) in [6.07, 6.45) is 0. The van der Waals surface area contributed by atoms with Crippen molar-refractivity contribution in [1.82, 2.24) is 5.32 Å². The SMILES string of the molecule is N#Cc1ccc(OCC(=O)NCCOCC(=O)O)cc1. The van der Waals surface area contributed by atoms with Crippen LogP contribution in [-0.4, -0.2) is 43.3 Å². The van der Waals surface area contributed by atoms with E-state index in [1.54, 1.807) is 24.3 Å². The molecule has 0 spiro atoms. The lowest BCUT2D eigenvalue weighted by molar-refractivity contribution is -0.142. The number of benzene rings is 1. The summed E-state index contributed by atoms with van der Waals surface area (Å²) in [6, 6.07) is 8.35. The molecule has 0 saturated heterocycles. The van der Waals surface area contributed by atoms with Crippen LogP contribution in [0.4, 0.5) is 0 Å². The second kappa shape index (κ2) is 8.50. The largest absolute Gasteiger partial charge is 0.484 e. The summed E-state index contributed by atoms with van der Waals surface area (Å²) < 4.78 is 9.95. The first-order chi connectivity index (χ1) is 9.61. The molecule has 1 amide bonds. The van der Waals surface area contributed by atoms with Gasteiger partial charge in [-0.15, -0.1) is 0 Å². The highest BCUT2D eigenvalue weighted by Crippen LogP contribution is 2.10. The molecular formula is C13H14N2O5. The van der Waals surface area contributed by atoms with Crippen molar-refractivity contribution < 1.29 is 24.2 Å². The van der Waals surface area contributed by atoms with Gasteiger partial charge in [-0.1, -0.05) is 0 Å². The molecule has 106 valence electrons. The number of carbonyl (C=O) groups excluding carboxylic acids is 1. The third kappa shape index (κ3) is 6.37. The topological polar surface area (TPSA) is 109 Å². The Balaban J connectivity index is 2.16.